The van der Waals surface area contributed by atoms with Gasteiger partial charge in [-0.05, 0) is 44.9 Å². The highest BCUT2D eigenvalue weighted by Crippen LogP contribution is 2.32. The number of nitrogens with one attached hydrogen (secondary N) is 1. The number of benzene rings is 1. The second-order valence-corrected chi connectivity index (χ2v) is 4.87. The van der Waals surface area contributed by atoms with Gasteiger partial charge in [-0.25, -0.2) is 0 Å². The molecule has 0 aliphatic carbocycles. The van der Waals surface area contributed by atoms with Crippen LogP contribution in [0.4, 0.5) is 0 Å². The molecule has 0 fully saturated rings. The standard InChI is InChI=1S/C16H27NO2/c1-6-10-19-11-9-15(17-4)14-8-7-12(2)13(3)16(14)18-5/h7-8,15,17H,6,9-11H2,1-5H3. The molecule has 0 aliphatic rings. The van der Waals surface area contributed by atoms with Crippen LogP contribution < -0.4 is 10.1 Å². The first-order valence-electron chi connectivity index (χ1n) is 7.04. The van der Waals surface area contributed by atoms with Gasteiger partial charge < -0.3 is 14.8 Å². The van der Waals surface area contributed by atoms with Crippen molar-refractivity contribution in [3.05, 3.63) is 28.8 Å². The van der Waals surface area contributed by atoms with Gasteiger partial charge in [0.05, 0.1) is 7.11 Å². The lowest BCUT2D eigenvalue weighted by Crippen LogP contribution is -2.19. The minimum absolute atomic E-state index is 0.270. The summed E-state index contributed by atoms with van der Waals surface area (Å²) < 4.78 is 11.2. The molecule has 108 valence electrons. The minimum Gasteiger partial charge on any atom is -0.496 e. The minimum atomic E-state index is 0.270. The molecule has 0 saturated carbocycles. The normalized spacial score (nSPS) is 12.5. The topological polar surface area (TPSA) is 30.5 Å². The summed E-state index contributed by atoms with van der Waals surface area (Å²) in [7, 11) is 3.73. The molecule has 1 aromatic rings. The number of rotatable bonds is 8. The van der Waals surface area contributed by atoms with Crippen LogP contribution in [-0.2, 0) is 4.74 Å². The Hall–Kier alpha value is -1.06. The van der Waals surface area contributed by atoms with Gasteiger partial charge >= 0.3 is 0 Å². The van der Waals surface area contributed by atoms with Crippen LogP contribution in [0.3, 0.4) is 0 Å². The lowest BCUT2D eigenvalue weighted by Gasteiger charge is -2.21. The fourth-order valence-corrected chi connectivity index (χ4v) is 2.26. The maximum absolute atomic E-state index is 5.59. The second kappa shape index (κ2) is 8.18. The third kappa shape index (κ3) is 4.22. The molecular formula is C16H27NO2. The zero-order valence-electron chi connectivity index (χ0n) is 12.9. The lowest BCUT2D eigenvalue weighted by atomic mass is 9.97. The molecule has 19 heavy (non-hydrogen) atoms. The average Bonchev–Trinajstić information content (AvgIpc) is 2.42. The van der Waals surface area contributed by atoms with E-state index in [4.69, 9.17) is 9.47 Å². The van der Waals surface area contributed by atoms with Crippen LogP contribution in [0.2, 0.25) is 0 Å². The second-order valence-electron chi connectivity index (χ2n) is 4.87. The van der Waals surface area contributed by atoms with Gasteiger partial charge in [-0.15, -0.1) is 0 Å². The molecule has 3 nitrogen and oxygen atoms in total. The summed E-state index contributed by atoms with van der Waals surface area (Å²) in [5.74, 6) is 0.995. The first-order valence-corrected chi connectivity index (χ1v) is 7.04. The van der Waals surface area contributed by atoms with Crippen LogP contribution in [-0.4, -0.2) is 27.4 Å². The SMILES string of the molecule is CCCOCCC(NC)c1ccc(C)c(C)c1OC. The summed E-state index contributed by atoms with van der Waals surface area (Å²) >= 11 is 0. The highest BCUT2D eigenvalue weighted by molar-refractivity contribution is 5.46. The predicted octanol–water partition coefficient (Wildman–Crippen LogP) is 3.39. The highest BCUT2D eigenvalue weighted by atomic mass is 16.5. The Morgan fingerprint density at radius 2 is 1.95 bits per heavy atom. The van der Waals surface area contributed by atoms with E-state index in [-0.39, 0.29) is 6.04 Å². The Labute approximate surface area is 117 Å². The summed E-state index contributed by atoms with van der Waals surface area (Å²) in [5.41, 5.74) is 3.70. The van der Waals surface area contributed by atoms with E-state index in [2.05, 4.69) is 38.2 Å². The zero-order valence-corrected chi connectivity index (χ0v) is 12.9. The van der Waals surface area contributed by atoms with Crippen LogP contribution in [0, 0.1) is 13.8 Å². The van der Waals surface area contributed by atoms with E-state index >= 15 is 0 Å². The van der Waals surface area contributed by atoms with Gasteiger partial charge in [0.25, 0.3) is 0 Å². The molecule has 3 heteroatoms. The van der Waals surface area contributed by atoms with Crippen molar-refractivity contribution in [2.45, 2.75) is 39.7 Å². The third-order valence-corrected chi connectivity index (χ3v) is 3.53. The average molecular weight is 265 g/mol. The number of methoxy groups -OCH3 is 1. The van der Waals surface area contributed by atoms with Crippen molar-refractivity contribution in [3.8, 4) is 5.75 Å². The van der Waals surface area contributed by atoms with E-state index in [1.807, 2.05) is 7.05 Å². The van der Waals surface area contributed by atoms with Crippen LogP contribution in [0.25, 0.3) is 0 Å². The molecule has 0 spiro atoms. The summed E-state index contributed by atoms with van der Waals surface area (Å²) in [4.78, 5) is 0. The summed E-state index contributed by atoms with van der Waals surface area (Å²) in [5, 5.41) is 3.36. The van der Waals surface area contributed by atoms with Crippen molar-refractivity contribution < 1.29 is 9.47 Å². The molecular weight excluding hydrogens is 238 g/mol. The number of hydrogen-bond donors (Lipinski definition) is 1. The van der Waals surface area contributed by atoms with Gasteiger partial charge in [0, 0.05) is 24.8 Å². The van der Waals surface area contributed by atoms with E-state index in [1.54, 1.807) is 7.11 Å². The Bertz CT molecular complexity index is 391. The largest absolute Gasteiger partial charge is 0.496 e. The van der Waals surface area contributed by atoms with Crippen LogP contribution >= 0.6 is 0 Å². The number of ether oxygens (including phenoxy) is 2. The van der Waals surface area contributed by atoms with Crippen molar-refractivity contribution in [2.75, 3.05) is 27.4 Å². The molecule has 1 atom stereocenters. The predicted molar refractivity (Wildman–Crippen MR) is 80.0 cm³/mol. The quantitative estimate of drug-likeness (QED) is 0.731. The lowest BCUT2D eigenvalue weighted by molar-refractivity contribution is 0.125. The van der Waals surface area contributed by atoms with E-state index < -0.39 is 0 Å². The molecule has 1 aromatic carbocycles. The molecule has 0 saturated heterocycles. The zero-order chi connectivity index (χ0) is 14.3. The Morgan fingerprint density at radius 1 is 1.21 bits per heavy atom. The fourth-order valence-electron chi connectivity index (χ4n) is 2.26. The molecule has 1 rings (SSSR count). The molecule has 0 heterocycles. The maximum atomic E-state index is 5.59. The fraction of sp³-hybridized carbons (Fsp3) is 0.625. The van der Waals surface area contributed by atoms with Crippen LogP contribution in [0.15, 0.2) is 12.1 Å². The van der Waals surface area contributed by atoms with Gasteiger partial charge in [-0.1, -0.05) is 19.1 Å². The van der Waals surface area contributed by atoms with Crippen LogP contribution in [0.1, 0.15) is 42.5 Å². The molecule has 0 bridgehead atoms. The van der Waals surface area contributed by atoms with Gasteiger partial charge in [-0.2, -0.15) is 0 Å². The molecule has 0 amide bonds. The summed E-state index contributed by atoms with van der Waals surface area (Å²) in [6, 6.07) is 4.58. The van der Waals surface area contributed by atoms with E-state index in [1.165, 1.54) is 16.7 Å². The van der Waals surface area contributed by atoms with Gasteiger partial charge in [0.2, 0.25) is 0 Å². The number of hydrogen-bond acceptors (Lipinski definition) is 3. The van der Waals surface area contributed by atoms with Crippen molar-refractivity contribution >= 4 is 0 Å². The maximum Gasteiger partial charge on any atom is 0.126 e. The van der Waals surface area contributed by atoms with Crippen molar-refractivity contribution in [1.29, 1.82) is 0 Å². The van der Waals surface area contributed by atoms with E-state index in [0.717, 1.165) is 31.8 Å². The van der Waals surface area contributed by atoms with Crippen molar-refractivity contribution in [1.82, 2.24) is 5.32 Å². The van der Waals surface area contributed by atoms with Crippen molar-refractivity contribution in [3.63, 3.8) is 0 Å². The Kier molecular flexibility index (Phi) is 6.89. The Balaban J connectivity index is 2.83. The highest BCUT2D eigenvalue weighted by Gasteiger charge is 2.16. The van der Waals surface area contributed by atoms with E-state index in [9.17, 15) is 0 Å². The van der Waals surface area contributed by atoms with Gasteiger partial charge in [0.15, 0.2) is 0 Å². The first-order chi connectivity index (χ1) is 9.15. The molecule has 0 aliphatic heterocycles. The van der Waals surface area contributed by atoms with E-state index in [0.29, 0.717) is 0 Å². The third-order valence-electron chi connectivity index (χ3n) is 3.53. The molecule has 1 unspecified atom stereocenters. The molecule has 1 N–H and O–H groups in total. The monoisotopic (exact) mass is 265 g/mol. The number of aryl methyl sites for hydroxylation is 1. The smallest absolute Gasteiger partial charge is 0.126 e. The molecule has 0 radical (unpaired) electrons. The van der Waals surface area contributed by atoms with Gasteiger partial charge in [-0.3, -0.25) is 0 Å². The summed E-state index contributed by atoms with van der Waals surface area (Å²) in [6.07, 6.45) is 2.02. The van der Waals surface area contributed by atoms with Crippen molar-refractivity contribution in [2.24, 2.45) is 0 Å². The first kappa shape index (κ1) is 16.0. The Morgan fingerprint density at radius 3 is 2.53 bits per heavy atom. The van der Waals surface area contributed by atoms with Gasteiger partial charge in [0.1, 0.15) is 5.75 Å². The molecule has 0 aromatic heterocycles. The van der Waals surface area contributed by atoms with Crippen LogP contribution in [0.5, 0.6) is 5.75 Å². The summed E-state index contributed by atoms with van der Waals surface area (Å²) in [6.45, 7) is 7.95.